The van der Waals surface area contributed by atoms with Gasteiger partial charge in [-0.25, -0.2) is 0 Å². The Morgan fingerprint density at radius 3 is 2.55 bits per heavy atom. The lowest BCUT2D eigenvalue weighted by atomic mass is 9.88. The number of fused-ring (bicyclic) bond motifs is 2. The molecule has 20 heavy (non-hydrogen) atoms. The SMILES string of the molecule is O=C(NNC(=O)[C@H]1C[C@H]2CC[C@H]1C2)c1ccccc1O. The molecule has 2 aliphatic carbocycles. The highest BCUT2D eigenvalue weighted by atomic mass is 16.3. The largest absolute Gasteiger partial charge is 0.507 e. The minimum absolute atomic E-state index is 0.0263. The van der Waals surface area contributed by atoms with Crippen molar-refractivity contribution in [2.45, 2.75) is 25.7 Å². The molecule has 2 saturated carbocycles. The summed E-state index contributed by atoms with van der Waals surface area (Å²) in [4.78, 5) is 23.9. The lowest BCUT2D eigenvalue weighted by Gasteiger charge is -2.20. The smallest absolute Gasteiger partial charge is 0.273 e. The van der Waals surface area contributed by atoms with Crippen molar-refractivity contribution in [2.75, 3.05) is 0 Å². The van der Waals surface area contributed by atoms with Gasteiger partial charge in [-0.1, -0.05) is 18.6 Å². The molecule has 3 rings (SSSR count). The number of nitrogens with one attached hydrogen (secondary N) is 2. The number of carbonyl (C=O) groups is 2. The molecule has 2 aliphatic rings. The summed E-state index contributed by atoms with van der Waals surface area (Å²) in [6.45, 7) is 0. The number of phenolic OH excluding ortho intramolecular Hbond substituents is 1. The van der Waals surface area contributed by atoms with E-state index in [1.54, 1.807) is 12.1 Å². The number of amides is 2. The fourth-order valence-electron chi connectivity index (χ4n) is 3.51. The molecule has 3 atom stereocenters. The van der Waals surface area contributed by atoms with E-state index in [-0.39, 0.29) is 23.1 Å². The predicted octanol–water partition coefficient (Wildman–Crippen LogP) is 1.59. The fourth-order valence-corrected chi connectivity index (χ4v) is 3.51. The number of phenols is 1. The lowest BCUT2D eigenvalue weighted by Crippen LogP contribution is -2.45. The Kier molecular flexibility index (Phi) is 3.34. The second-order valence-electron chi connectivity index (χ2n) is 5.74. The third kappa shape index (κ3) is 2.35. The first-order valence-electron chi connectivity index (χ1n) is 7.03. The maximum absolute atomic E-state index is 12.1. The Labute approximate surface area is 117 Å². The highest BCUT2D eigenvalue weighted by Gasteiger charge is 2.43. The zero-order chi connectivity index (χ0) is 14.1. The van der Waals surface area contributed by atoms with E-state index in [4.69, 9.17) is 0 Å². The second kappa shape index (κ2) is 5.15. The summed E-state index contributed by atoms with van der Waals surface area (Å²) in [6.07, 6.45) is 4.43. The zero-order valence-electron chi connectivity index (χ0n) is 11.1. The molecule has 0 radical (unpaired) electrons. The molecule has 0 spiro atoms. The molecular weight excluding hydrogens is 256 g/mol. The van der Waals surface area contributed by atoms with E-state index in [0.717, 1.165) is 19.3 Å². The third-order valence-corrected chi connectivity index (χ3v) is 4.52. The molecule has 5 heteroatoms. The van der Waals surface area contributed by atoms with Crippen LogP contribution in [0.15, 0.2) is 24.3 Å². The van der Waals surface area contributed by atoms with Crippen LogP contribution in [-0.2, 0) is 4.79 Å². The van der Waals surface area contributed by atoms with Crippen molar-refractivity contribution in [1.82, 2.24) is 10.9 Å². The van der Waals surface area contributed by atoms with Gasteiger partial charge < -0.3 is 5.11 Å². The molecule has 3 N–H and O–H groups in total. The predicted molar refractivity (Wildman–Crippen MR) is 72.7 cm³/mol. The highest BCUT2D eigenvalue weighted by Crippen LogP contribution is 2.48. The Morgan fingerprint density at radius 1 is 1.10 bits per heavy atom. The summed E-state index contributed by atoms with van der Waals surface area (Å²) in [5.74, 6) is 0.477. The number of rotatable bonds is 2. The van der Waals surface area contributed by atoms with Crippen LogP contribution >= 0.6 is 0 Å². The molecule has 2 bridgehead atoms. The van der Waals surface area contributed by atoms with Crippen molar-refractivity contribution in [3.05, 3.63) is 29.8 Å². The maximum atomic E-state index is 12.1. The van der Waals surface area contributed by atoms with E-state index in [1.807, 2.05) is 0 Å². The summed E-state index contributed by atoms with van der Waals surface area (Å²) >= 11 is 0. The molecule has 0 unspecified atom stereocenters. The Morgan fingerprint density at radius 2 is 1.90 bits per heavy atom. The topological polar surface area (TPSA) is 78.4 Å². The first kappa shape index (κ1) is 13.0. The number of aromatic hydroxyl groups is 1. The van der Waals surface area contributed by atoms with E-state index in [2.05, 4.69) is 10.9 Å². The molecule has 0 aromatic heterocycles. The minimum Gasteiger partial charge on any atom is -0.507 e. The van der Waals surface area contributed by atoms with Crippen molar-refractivity contribution in [3.8, 4) is 5.75 Å². The number of para-hydroxylation sites is 1. The monoisotopic (exact) mass is 274 g/mol. The van der Waals surface area contributed by atoms with Crippen LogP contribution in [0.25, 0.3) is 0 Å². The summed E-state index contributed by atoms with van der Waals surface area (Å²) in [5.41, 5.74) is 5.02. The van der Waals surface area contributed by atoms with E-state index in [0.29, 0.717) is 11.8 Å². The normalized spacial score (nSPS) is 27.3. The molecule has 5 nitrogen and oxygen atoms in total. The van der Waals surface area contributed by atoms with Gasteiger partial charge >= 0.3 is 0 Å². The Hall–Kier alpha value is -2.04. The number of hydrogen-bond donors (Lipinski definition) is 3. The first-order chi connectivity index (χ1) is 9.65. The van der Waals surface area contributed by atoms with Crippen molar-refractivity contribution in [3.63, 3.8) is 0 Å². The minimum atomic E-state index is -0.500. The number of carbonyl (C=O) groups excluding carboxylic acids is 2. The molecule has 0 heterocycles. The van der Waals surface area contributed by atoms with Crippen LogP contribution in [-0.4, -0.2) is 16.9 Å². The van der Waals surface area contributed by atoms with Gasteiger partial charge in [0.2, 0.25) is 5.91 Å². The second-order valence-corrected chi connectivity index (χ2v) is 5.74. The molecule has 2 fully saturated rings. The Balaban J connectivity index is 1.56. The molecular formula is C15H18N2O3. The van der Waals surface area contributed by atoms with Crippen LogP contribution in [0.5, 0.6) is 5.75 Å². The summed E-state index contributed by atoms with van der Waals surface area (Å²) in [7, 11) is 0. The molecule has 0 aliphatic heterocycles. The van der Waals surface area contributed by atoms with Crippen molar-refractivity contribution in [1.29, 1.82) is 0 Å². The van der Waals surface area contributed by atoms with Gasteiger partial charge in [0, 0.05) is 5.92 Å². The lowest BCUT2D eigenvalue weighted by molar-refractivity contribution is -0.127. The van der Waals surface area contributed by atoms with Crippen LogP contribution in [0.2, 0.25) is 0 Å². The quantitative estimate of drug-likeness (QED) is 0.717. The van der Waals surface area contributed by atoms with Gasteiger partial charge in [0.25, 0.3) is 5.91 Å². The third-order valence-electron chi connectivity index (χ3n) is 4.52. The average molecular weight is 274 g/mol. The van der Waals surface area contributed by atoms with Crippen molar-refractivity contribution in [2.24, 2.45) is 17.8 Å². The van der Waals surface area contributed by atoms with Crippen LogP contribution < -0.4 is 10.9 Å². The van der Waals surface area contributed by atoms with Gasteiger partial charge in [0.1, 0.15) is 5.75 Å². The summed E-state index contributed by atoms with van der Waals surface area (Å²) < 4.78 is 0. The van der Waals surface area contributed by atoms with Gasteiger partial charge in [0.15, 0.2) is 0 Å². The maximum Gasteiger partial charge on any atom is 0.273 e. The van der Waals surface area contributed by atoms with Gasteiger partial charge in [0.05, 0.1) is 5.56 Å². The van der Waals surface area contributed by atoms with Crippen molar-refractivity contribution < 1.29 is 14.7 Å². The van der Waals surface area contributed by atoms with Gasteiger partial charge in [-0.3, -0.25) is 20.4 Å². The van der Waals surface area contributed by atoms with Crippen LogP contribution in [0, 0.1) is 17.8 Å². The highest BCUT2D eigenvalue weighted by molar-refractivity contribution is 5.97. The number of hydrazine groups is 1. The van der Waals surface area contributed by atoms with Crippen molar-refractivity contribution >= 4 is 11.8 Å². The summed E-state index contributed by atoms with van der Waals surface area (Å²) in [6, 6.07) is 6.24. The Bertz CT molecular complexity index is 544. The molecule has 106 valence electrons. The first-order valence-corrected chi connectivity index (χ1v) is 7.03. The van der Waals surface area contributed by atoms with E-state index < -0.39 is 5.91 Å². The molecule has 1 aromatic carbocycles. The van der Waals surface area contributed by atoms with Gasteiger partial charge in [-0.15, -0.1) is 0 Å². The standard InChI is InChI=1S/C15H18N2O3/c18-13-4-2-1-3-11(13)14(19)16-17-15(20)12-8-9-5-6-10(12)7-9/h1-4,9-10,12,18H,5-8H2,(H,16,19)(H,17,20)/t9-,10-,12-/m0/s1. The zero-order valence-corrected chi connectivity index (χ0v) is 11.1. The fraction of sp³-hybridized carbons (Fsp3) is 0.467. The van der Waals surface area contributed by atoms with E-state index in [9.17, 15) is 14.7 Å². The van der Waals surface area contributed by atoms with Crippen LogP contribution in [0.4, 0.5) is 0 Å². The summed E-state index contributed by atoms with van der Waals surface area (Å²) in [5, 5.41) is 9.57. The number of benzene rings is 1. The van der Waals surface area contributed by atoms with Gasteiger partial charge in [-0.05, 0) is 43.2 Å². The molecule has 1 aromatic rings. The molecule has 2 amide bonds. The van der Waals surface area contributed by atoms with E-state index in [1.165, 1.54) is 18.6 Å². The van der Waals surface area contributed by atoms with Crippen LogP contribution in [0.1, 0.15) is 36.0 Å². The number of hydrogen-bond acceptors (Lipinski definition) is 3. The molecule has 0 saturated heterocycles. The van der Waals surface area contributed by atoms with E-state index >= 15 is 0 Å². The average Bonchev–Trinajstić information content (AvgIpc) is 3.07. The van der Waals surface area contributed by atoms with Crippen LogP contribution in [0.3, 0.4) is 0 Å². The van der Waals surface area contributed by atoms with Gasteiger partial charge in [-0.2, -0.15) is 0 Å².